The van der Waals surface area contributed by atoms with Gasteiger partial charge in [-0.1, -0.05) is 35.5 Å². The molecule has 2 rings (SSSR count). The minimum atomic E-state index is 0.889. The number of aromatic nitrogens is 1. The molecule has 0 N–H and O–H groups in total. The second-order valence-electron chi connectivity index (χ2n) is 2.98. The molecular formula is C11H11NOS. The van der Waals surface area contributed by atoms with Crippen LogP contribution < -0.4 is 0 Å². The van der Waals surface area contributed by atoms with Gasteiger partial charge in [0.2, 0.25) is 0 Å². The van der Waals surface area contributed by atoms with Crippen LogP contribution in [0, 0.1) is 0 Å². The molecule has 0 aliphatic rings. The summed E-state index contributed by atoms with van der Waals surface area (Å²) in [6.45, 7) is 0. The summed E-state index contributed by atoms with van der Waals surface area (Å²) in [5.41, 5.74) is 2.25. The molecule has 1 heterocycles. The van der Waals surface area contributed by atoms with E-state index >= 15 is 0 Å². The quantitative estimate of drug-likeness (QED) is 0.769. The smallest absolute Gasteiger partial charge is 0.170 e. The van der Waals surface area contributed by atoms with Crippen molar-refractivity contribution in [1.82, 2.24) is 5.16 Å². The molecule has 2 aromatic rings. The maximum atomic E-state index is 5.24. The second-order valence-corrected chi connectivity index (χ2v) is 3.85. The van der Waals surface area contributed by atoms with Gasteiger partial charge in [0.25, 0.3) is 0 Å². The predicted molar refractivity (Wildman–Crippen MR) is 59.2 cm³/mol. The normalized spacial score (nSPS) is 10.4. The molecule has 0 saturated carbocycles. The van der Waals surface area contributed by atoms with Crippen LogP contribution in [0.5, 0.6) is 0 Å². The van der Waals surface area contributed by atoms with Gasteiger partial charge < -0.3 is 4.52 Å². The molecule has 0 spiro atoms. The van der Waals surface area contributed by atoms with Crippen molar-refractivity contribution in [2.45, 2.75) is 5.75 Å². The summed E-state index contributed by atoms with van der Waals surface area (Å²) in [6, 6.07) is 10.1. The fourth-order valence-electron chi connectivity index (χ4n) is 1.35. The molecule has 0 aliphatic carbocycles. The van der Waals surface area contributed by atoms with Gasteiger partial charge in [-0.15, -0.1) is 0 Å². The van der Waals surface area contributed by atoms with E-state index in [-0.39, 0.29) is 0 Å². The third-order valence-electron chi connectivity index (χ3n) is 1.98. The Bertz CT molecular complexity index is 397. The number of hydrogen-bond donors (Lipinski definition) is 0. The Morgan fingerprint density at radius 1 is 1.29 bits per heavy atom. The summed E-state index contributed by atoms with van der Waals surface area (Å²) in [4.78, 5) is 0. The van der Waals surface area contributed by atoms with Crippen LogP contribution in [0.25, 0.3) is 11.3 Å². The van der Waals surface area contributed by atoms with E-state index in [1.165, 1.54) is 0 Å². The molecule has 0 atom stereocenters. The summed E-state index contributed by atoms with van der Waals surface area (Å²) >= 11 is 1.77. The first-order chi connectivity index (χ1) is 6.92. The van der Waals surface area contributed by atoms with Crippen LogP contribution in [-0.4, -0.2) is 11.4 Å². The Hall–Kier alpha value is -1.22. The van der Waals surface area contributed by atoms with Crippen LogP contribution >= 0.6 is 11.8 Å². The molecular weight excluding hydrogens is 194 g/mol. The molecule has 0 radical (unpaired) electrons. The molecule has 1 aromatic carbocycles. The van der Waals surface area contributed by atoms with Crippen LogP contribution in [-0.2, 0) is 5.75 Å². The molecule has 72 valence electrons. The fourth-order valence-corrected chi connectivity index (χ4v) is 1.86. The van der Waals surface area contributed by atoms with Gasteiger partial charge in [-0.3, -0.25) is 0 Å². The summed E-state index contributed by atoms with van der Waals surface area (Å²) < 4.78 is 5.24. The van der Waals surface area contributed by atoms with Gasteiger partial charge in [-0.2, -0.15) is 11.8 Å². The van der Waals surface area contributed by atoms with Crippen molar-refractivity contribution in [2.24, 2.45) is 0 Å². The Labute approximate surface area is 87.3 Å². The molecule has 0 saturated heterocycles. The topological polar surface area (TPSA) is 26.0 Å². The number of nitrogens with zero attached hydrogens (tertiary/aromatic N) is 1. The van der Waals surface area contributed by atoms with E-state index < -0.39 is 0 Å². The molecule has 0 aliphatic heterocycles. The first kappa shape index (κ1) is 9.34. The SMILES string of the molecule is CSCc1cnoc1-c1ccccc1. The minimum Gasteiger partial charge on any atom is -0.356 e. The van der Waals surface area contributed by atoms with Crippen molar-refractivity contribution in [1.29, 1.82) is 0 Å². The number of rotatable bonds is 3. The van der Waals surface area contributed by atoms with E-state index in [4.69, 9.17) is 4.52 Å². The van der Waals surface area contributed by atoms with Gasteiger partial charge in [0.05, 0.1) is 6.20 Å². The number of hydrogen-bond acceptors (Lipinski definition) is 3. The third kappa shape index (κ3) is 1.82. The zero-order chi connectivity index (χ0) is 9.80. The maximum Gasteiger partial charge on any atom is 0.170 e. The molecule has 0 bridgehead atoms. The van der Waals surface area contributed by atoms with E-state index in [2.05, 4.69) is 11.4 Å². The Balaban J connectivity index is 2.37. The highest BCUT2D eigenvalue weighted by Crippen LogP contribution is 2.25. The highest BCUT2D eigenvalue weighted by Gasteiger charge is 2.08. The van der Waals surface area contributed by atoms with E-state index in [1.54, 1.807) is 18.0 Å². The molecule has 0 fully saturated rings. The van der Waals surface area contributed by atoms with E-state index in [0.29, 0.717) is 0 Å². The van der Waals surface area contributed by atoms with Gasteiger partial charge in [-0.05, 0) is 6.26 Å². The zero-order valence-electron chi connectivity index (χ0n) is 7.93. The lowest BCUT2D eigenvalue weighted by Crippen LogP contribution is -1.80. The average molecular weight is 205 g/mol. The maximum absolute atomic E-state index is 5.24. The molecule has 3 heteroatoms. The van der Waals surface area contributed by atoms with Crippen molar-refractivity contribution in [3.05, 3.63) is 42.1 Å². The number of benzene rings is 1. The van der Waals surface area contributed by atoms with Crippen molar-refractivity contribution in [3.8, 4) is 11.3 Å². The van der Waals surface area contributed by atoms with Gasteiger partial charge in [0, 0.05) is 16.9 Å². The lowest BCUT2D eigenvalue weighted by molar-refractivity contribution is 0.432. The molecule has 2 nitrogen and oxygen atoms in total. The van der Waals surface area contributed by atoms with Crippen molar-refractivity contribution in [3.63, 3.8) is 0 Å². The van der Waals surface area contributed by atoms with Crippen LogP contribution in [0.3, 0.4) is 0 Å². The molecule has 14 heavy (non-hydrogen) atoms. The lowest BCUT2D eigenvalue weighted by atomic mass is 10.1. The third-order valence-corrected chi connectivity index (χ3v) is 2.58. The van der Waals surface area contributed by atoms with Crippen LogP contribution in [0.1, 0.15) is 5.56 Å². The van der Waals surface area contributed by atoms with Crippen molar-refractivity contribution in [2.75, 3.05) is 6.26 Å². The second kappa shape index (κ2) is 4.33. The summed E-state index contributed by atoms with van der Waals surface area (Å²) in [5, 5.41) is 3.83. The monoisotopic (exact) mass is 205 g/mol. The predicted octanol–water partition coefficient (Wildman–Crippen LogP) is 3.20. The van der Waals surface area contributed by atoms with Gasteiger partial charge in [-0.25, -0.2) is 0 Å². The highest BCUT2D eigenvalue weighted by molar-refractivity contribution is 7.97. The minimum absolute atomic E-state index is 0.889. The fraction of sp³-hybridized carbons (Fsp3) is 0.182. The van der Waals surface area contributed by atoms with Crippen molar-refractivity contribution < 1.29 is 4.52 Å². The average Bonchev–Trinajstić information content (AvgIpc) is 2.68. The summed E-state index contributed by atoms with van der Waals surface area (Å²) in [7, 11) is 0. The standard InChI is InChI=1S/C11H11NOS/c1-14-8-10-7-12-13-11(10)9-5-3-2-4-6-9/h2-7H,8H2,1H3. The molecule has 0 unspecified atom stereocenters. The Morgan fingerprint density at radius 3 is 2.79 bits per heavy atom. The van der Waals surface area contributed by atoms with Gasteiger partial charge in [0.1, 0.15) is 0 Å². The largest absolute Gasteiger partial charge is 0.356 e. The Morgan fingerprint density at radius 2 is 2.07 bits per heavy atom. The first-order valence-corrected chi connectivity index (χ1v) is 5.79. The van der Waals surface area contributed by atoms with E-state index in [0.717, 1.165) is 22.6 Å². The van der Waals surface area contributed by atoms with Gasteiger partial charge in [0.15, 0.2) is 5.76 Å². The number of thioether (sulfide) groups is 1. The molecule has 0 amide bonds. The van der Waals surface area contributed by atoms with E-state index in [9.17, 15) is 0 Å². The first-order valence-electron chi connectivity index (χ1n) is 4.39. The van der Waals surface area contributed by atoms with Crippen LogP contribution in [0.2, 0.25) is 0 Å². The van der Waals surface area contributed by atoms with Crippen molar-refractivity contribution >= 4 is 11.8 Å². The van der Waals surface area contributed by atoms with Gasteiger partial charge >= 0.3 is 0 Å². The zero-order valence-corrected chi connectivity index (χ0v) is 8.75. The lowest BCUT2D eigenvalue weighted by Gasteiger charge is -1.98. The van der Waals surface area contributed by atoms with Crippen LogP contribution in [0.15, 0.2) is 41.1 Å². The summed E-state index contributed by atoms with van der Waals surface area (Å²) in [5.74, 6) is 1.83. The van der Waals surface area contributed by atoms with E-state index in [1.807, 2.05) is 30.3 Å². The summed E-state index contributed by atoms with van der Waals surface area (Å²) in [6.07, 6.45) is 3.86. The molecule has 1 aromatic heterocycles. The highest BCUT2D eigenvalue weighted by atomic mass is 32.2. The Kier molecular flexibility index (Phi) is 2.89. The van der Waals surface area contributed by atoms with Crippen LogP contribution in [0.4, 0.5) is 0 Å².